The maximum absolute atomic E-state index is 13.9. The molecular weight excluding hydrogens is 361 g/mol. The van der Waals surface area contributed by atoms with Crippen LogP contribution >= 0.6 is 11.3 Å². The van der Waals surface area contributed by atoms with Crippen LogP contribution in [0.25, 0.3) is 10.6 Å². The second-order valence-corrected chi connectivity index (χ2v) is 6.81. The number of amides is 1. The van der Waals surface area contributed by atoms with E-state index in [2.05, 4.69) is 4.98 Å². The van der Waals surface area contributed by atoms with Gasteiger partial charge in [-0.3, -0.25) is 4.79 Å². The van der Waals surface area contributed by atoms with Gasteiger partial charge in [0.15, 0.2) is 11.6 Å². The molecule has 7 heteroatoms. The van der Waals surface area contributed by atoms with E-state index in [0.29, 0.717) is 21.0 Å². The molecule has 0 aliphatic rings. The molecule has 1 aromatic heterocycles. The fourth-order valence-electron chi connectivity index (χ4n) is 2.48. The Hall–Kier alpha value is -2.67. The maximum atomic E-state index is 13.9. The Labute approximate surface area is 152 Å². The van der Waals surface area contributed by atoms with E-state index in [1.54, 1.807) is 32.2 Å². The van der Waals surface area contributed by atoms with Crippen molar-refractivity contribution in [2.24, 2.45) is 0 Å². The van der Waals surface area contributed by atoms with Crippen LogP contribution in [-0.4, -0.2) is 22.8 Å². The first-order valence-electron chi connectivity index (χ1n) is 7.81. The molecule has 1 unspecified atom stereocenters. The largest absolute Gasteiger partial charge is 0.334 e. The SMILES string of the molecule is CC(c1ccc(F)c(F)c1)N(C)C(=O)c1cnc(-c2ccccc2F)s1. The molecule has 0 bridgehead atoms. The van der Waals surface area contributed by atoms with E-state index in [-0.39, 0.29) is 5.91 Å². The van der Waals surface area contributed by atoms with Gasteiger partial charge in [0.1, 0.15) is 15.7 Å². The van der Waals surface area contributed by atoms with Crippen molar-refractivity contribution in [3.63, 3.8) is 0 Å². The van der Waals surface area contributed by atoms with E-state index >= 15 is 0 Å². The molecule has 0 radical (unpaired) electrons. The third-order valence-corrected chi connectivity index (χ3v) is 5.17. The average molecular weight is 376 g/mol. The number of carbonyl (C=O) groups excluding carboxylic acids is 1. The Morgan fingerprint density at radius 2 is 1.81 bits per heavy atom. The van der Waals surface area contributed by atoms with Gasteiger partial charge in [-0.15, -0.1) is 11.3 Å². The first-order valence-corrected chi connectivity index (χ1v) is 8.63. The molecule has 26 heavy (non-hydrogen) atoms. The normalized spacial score (nSPS) is 12.0. The average Bonchev–Trinajstić information content (AvgIpc) is 3.12. The van der Waals surface area contributed by atoms with Crippen molar-refractivity contribution < 1.29 is 18.0 Å². The summed E-state index contributed by atoms with van der Waals surface area (Å²) in [6.45, 7) is 1.71. The highest BCUT2D eigenvalue weighted by molar-refractivity contribution is 7.16. The van der Waals surface area contributed by atoms with E-state index in [1.165, 1.54) is 23.2 Å². The van der Waals surface area contributed by atoms with E-state index in [1.807, 2.05) is 0 Å². The second kappa shape index (κ2) is 7.29. The molecule has 1 amide bonds. The molecule has 0 fully saturated rings. The first kappa shape index (κ1) is 18.1. The third kappa shape index (κ3) is 3.48. The van der Waals surface area contributed by atoms with E-state index in [9.17, 15) is 18.0 Å². The van der Waals surface area contributed by atoms with Gasteiger partial charge in [-0.1, -0.05) is 18.2 Å². The van der Waals surface area contributed by atoms with Gasteiger partial charge in [0.25, 0.3) is 5.91 Å². The van der Waals surface area contributed by atoms with E-state index in [0.717, 1.165) is 23.5 Å². The van der Waals surface area contributed by atoms with Gasteiger partial charge in [-0.25, -0.2) is 18.2 Å². The second-order valence-electron chi connectivity index (χ2n) is 5.78. The van der Waals surface area contributed by atoms with Crippen LogP contribution in [0, 0.1) is 17.5 Å². The van der Waals surface area contributed by atoms with Gasteiger partial charge < -0.3 is 4.90 Å². The molecule has 0 aliphatic heterocycles. The summed E-state index contributed by atoms with van der Waals surface area (Å²) in [6, 6.07) is 9.25. The van der Waals surface area contributed by atoms with Gasteiger partial charge >= 0.3 is 0 Å². The van der Waals surface area contributed by atoms with Gasteiger partial charge in [0.2, 0.25) is 0 Å². The van der Waals surface area contributed by atoms with E-state index in [4.69, 9.17) is 0 Å². The lowest BCUT2D eigenvalue weighted by atomic mass is 10.1. The standard InChI is InChI=1S/C19H15F3N2OS/c1-11(12-7-8-15(21)16(22)9-12)24(2)19(25)17-10-23-18(26-17)13-5-3-4-6-14(13)20/h3-11H,1-2H3. The molecule has 0 N–H and O–H groups in total. The zero-order chi connectivity index (χ0) is 18.8. The number of thiazole rings is 1. The van der Waals surface area contributed by atoms with Crippen LogP contribution in [0.5, 0.6) is 0 Å². The minimum atomic E-state index is -0.963. The van der Waals surface area contributed by atoms with Crippen LogP contribution in [0.1, 0.15) is 28.2 Å². The molecule has 134 valence electrons. The molecule has 3 aromatic rings. The van der Waals surface area contributed by atoms with Crippen LogP contribution < -0.4 is 0 Å². The number of aromatic nitrogens is 1. The van der Waals surface area contributed by atoms with Gasteiger partial charge in [-0.2, -0.15) is 0 Å². The van der Waals surface area contributed by atoms with Gasteiger partial charge in [-0.05, 0) is 36.8 Å². The number of nitrogens with zero attached hydrogens (tertiary/aromatic N) is 2. The van der Waals surface area contributed by atoms with Crippen molar-refractivity contribution in [1.29, 1.82) is 0 Å². The monoisotopic (exact) mass is 376 g/mol. The zero-order valence-corrected chi connectivity index (χ0v) is 14.9. The van der Waals surface area contributed by atoms with Gasteiger partial charge in [0.05, 0.1) is 12.2 Å². The maximum Gasteiger partial charge on any atom is 0.265 e. The summed E-state index contributed by atoms with van der Waals surface area (Å²) in [5.41, 5.74) is 0.798. The Bertz CT molecular complexity index is 957. The summed E-state index contributed by atoms with van der Waals surface area (Å²) in [7, 11) is 1.57. The number of carbonyl (C=O) groups is 1. The Morgan fingerprint density at radius 1 is 1.08 bits per heavy atom. The Balaban J connectivity index is 1.82. The molecule has 1 heterocycles. The number of hydrogen-bond donors (Lipinski definition) is 0. The lowest BCUT2D eigenvalue weighted by molar-refractivity contribution is 0.0747. The lowest BCUT2D eigenvalue weighted by Crippen LogP contribution is -2.29. The van der Waals surface area contributed by atoms with Crippen LogP contribution in [0.4, 0.5) is 13.2 Å². The molecule has 0 aliphatic carbocycles. The fourth-order valence-corrected chi connectivity index (χ4v) is 3.40. The third-order valence-electron chi connectivity index (χ3n) is 4.15. The number of hydrogen-bond acceptors (Lipinski definition) is 3. The van der Waals surface area contributed by atoms with Crippen LogP contribution in [0.3, 0.4) is 0 Å². The highest BCUT2D eigenvalue weighted by Gasteiger charge is 2.22. The van der Waals surface area contributed by atoms with Crippen molar-refractivity contribution >= 4 is 17.2 Å². The summed E-state index contributed by atoms with van der Waals surface area (Å²) in [5, 5.41) is 0.403. The summed E-state index contributed by atoms with van der Waals surface area (Å²) in [6.07, 6.45) is 1.39. The molecule has 0 spiro atoms. The topological polar surface area (TPSA) is 33.2 Å². The van der Waals surface area contributed by atoms with Gasteiger partial charge in [0, 0.05) is 12.6 Å². The molecule has 3 nitrogen and oxygen atoms in total. The molecule has 0 saturated carbocycles. The Morgan fingerprint density at radius 3 is 2.50 bits per heavy atom. The predicted octanol–water partition coefficient (Wildman–Crippen LogP) is 5.06. The fraction of sp³-hybridized carbons (Fsp3) is 0.158. The molecule has 0 saturated heterocycles. The molecular formula is C19H15F3N2OS. The van der Waals surface area contributed by atoms with Crippen molar-refractivity contribution in [2.75, 3.05) is 7.05 Å². The highest BCUT2D eigenvalue weighted by Crippen LogP contribution is 2.29. The van der Waals surface area contributed by atoms with Crippen molar-refractivity contribution in [3.8, 4) is 10.6 Å². The smallest absolute Gasteiger partial charge is 0.265 e. The number of halogens is 3. The quantitative estimate of drug-likeness (QED) is 0.638. The zero-order valence-electron chi connectivity index (χ0n) is 14.0. The van der Waals surface area contributed by atoms with Crippen LogP contribution in [0.15, 0.2) is 48.7 Å². The van der Waals surface area contributed by atoms with E-state index < -0.39 is 23.5 Å². The lowest BCUT2D eigenvalue weighted by Gasteiger charge is -2.24. The Kier molecular flexibility index (Phi) is 5.08. The van der Waals surface area contributed by atoms with Crippen molar-refractivity contribution in [3.05, 3.63) is 76.6 Å². The van der Waals surface area contributed by atoms with Crippen LogP contribution in [0.2, 0.25) is 0 Å². The van der Waals surface area contributed by atoms with Crippen molar-refractivity contribution in [1.82, 2.24) is 9.88 Å². The number of benzene rings is 2. The first-order chi connectivity index (χ1) is 12.4. The summed E-state index contributed by atoms with van der Waals surface area (Å²) < 4.78 is 40.4. The molecule has 1 atom stereocenters. The minimum Gasteiger partial charge on any atom is -0.334 e. The van der Waals surface area contributed by atoms with Crippen LogP contribution in [-0.2, 0) is 0 Å². The predicted molar refractivity (Wildman–Crippen MR) is 94.4 cm³/mol. The highest BCUT2D eigenvalue weighted by atomic mass is 32.1. The minimum absolute atomic E-state index is 0.327. The molecule has 2 aromatic carbocycles. The summed E-state index contributed by atoms with van der Waals surface area (Å²) in [4.78, 5) is 18.5. The molecule has 3 rings (SSSR count). The number of rotatable bonds is 4. The summed E-state index contributed by atoms with van der Waals surface area (Å²) >= 11 is 1.08. The summed E-state index contributed by atoms with van der Waals surface area (Å²) in [5.74, 6) is -2.64. The van der Waals surface area contributed by atoms with Crippen molar-refractivity contribution in [2.45, 2.75) is 13.0 Å².